The van der Waals surface area contributed by atoms with E-state index in [9.17, 15) is 0 Å². The topological polar surface area (TPSA) is 69.6 Å². The van der Waals surface area contributed by atoms with Crippen LogP contribution < -0.4 is 0 Å². The van der Waals surface area contributed by atoms with Gasteiger partial charge in [0.15, 0.2) is 5.69 Å². The maximum absolute atomic E-state index is 5.99. The second-order valence-corrected chi connectivity index (χ2v) is 6.73. The van der Waals surface area contributed by atoms with E-state index in [-0.39, 0.29) is 0 Å². The van der Waals surface area contributed by atoms with E-state index in [0.717, 1.165) is 22.0 Å². The maximum atomic E-state index is 5.99. The molecule has 7 heteroatoms. The van der Waals surface area contributed by atoms with Crippen molar-refractivity contribution in [3.05, 3.63) is 83.6 Å². The van der Waals surface area contributed by atoms with E-state index in [1.165, 1.54) is 0 Å². The summed E-state index contributed by atoms with van der Waals surface area (Å²) in [6.07, 6.45) is 3.38. The number of nitrogens with zero attached hydrogens (tertiary/aromatic N) is 5. The van der Waals surface area contributed by atoms with Gasteiger partial charge in [0.1, 0.15) is 0 Å². The van der Waals surface area contributed by atoms with Gasteiger partial charge >= 0.3 is 0 Å². The average molecular weight is 388 g/mol. The highest BCUT2D eigenvalue weighted by atomic mass is 35.5. The molecule has 3 heterocycles. The molecule has 0 bridgehead atoms. The lowest BCUT2D eigenvalue weighted by molar-refractivity contribution is 0.579. The Morgan fingerprint density at radius 2 is 1.61 bits per heavy atom. The molecule has 0 spiro atoms. The Hall–Kier alpha value is -3.51. The van der Waals surface area contributed by atoms with Crippen LogP contribution in [0.25, 0.3) is 33.9 Å². The summed E-state index contributed by atoms with van der Waals surface area (Å²) in [5.74, 6) is 0.826. The number of halogens is 1. The van der Waals surface area contributed by atoms with Crippen molar-refractivity contribution in [3.8, 4) is 23.0 Å². The highest BCUT2D eigenvalue weighted by molar-refractivity contribution is 6.30. The fraction of sp³-hybridized carbons (Fsp3) is 0.0476. The third-order valence-corrected chi connectivity index (χ3v) is 4.71. The van der Waals surface area contributed by atoms with Crippen LogP contribution in [0.2, 0.25) is 5.02 Å². The van der Waals surface area contributed by atoms with Crippen LogP contribution in [0.15, 0.2) is 77.5 Å². The first kappa shape index (κ1) is 16.6. The van der Waals surface area contributed by atoms with E-state index in [0.29, 0.717) is 29.0 Å². The fourth-order valence-electron chi connectivity index (χ4n) is 3.10. The van der Waals surface area contributed by atoms with Crippen molar-refractivity contribution in [1.29, 1.82) is 0 Å². The molecule has 0 saturated heterocycles. The Morgan fingerprint density at radius 3 is 2.43 bits per heavy atom. The molecule has 0 aliphatic rings. The van der Waals surface area contributed by atoms with Gasteiger partial charge in [-0.1, -0.05) is 41.9 Å². The summed E-state index contributed by atoms with van der Waals surface area (Å²) in [5, 5.41) is 14.8. The zero-order valence-corrected chi connectivity index (χ0v) is 15.4. The van der Waals surface area contributed by atoms with Crippen LogP contribution >= 0.6 is 11.6 Å². The molecule has 3 aromatic heterocycles. The molecule has 5 aromatic rings. The molecule has 2 aromatic carbocycles. The molecule has 0 saturated carbocycles. The molecule has 0 aliphatic heterocycles. The van der Waals surface area contributed by atoms with Crippen LogP contribution in [0.4, 0.5) is 0 Å². The molecule has 0 fully saturated rings. The minimum atomic E-state index is 0.387. The Labute approximate surface area is 165 Å². The van der Waals surface area contributed by atoms with E-state index in [1.54, 1.807) is 12.4 Å². The molecule has 0 radical (unpaired) electrons. The molecule has 0 unspecified atom stereocenters. The van der Waals surface area contributed by atoms with Crippen molar-refractivity contribution in [3.63, 3.8) is 0 Å². The van der Waals surface area contributed by atoms with Crippen LogP contribution in [0.1, 0.15) is 5.56 Å². The lowest BCUT2D eigenvalue weighted by Crippen LogP contribution is -2.01. The maximum Gasteiger partial charge on any atom is 0.269 e. The summed E-state index contributed by atoms with van der Waals surface area (Å²) in [5.41, 5.74) is 3.58. The zero-order valence-electron chi connectivity index (χ0n) is 14.7. The summed E-state index contributed by atoms with van der Waals surface area (Å²) < 4.78 is 7.83. The number of pyridine rings is 1. The van der Waals surface area contributed by atoms with E-state index < -0.39 is 0 Å². The molecule has 5 rings (SSSR count). The van der Waals surface area contributed by atoms with Crippen LogP contribution in [-0.4, -0.2) is 25.0 Å². The monoisotopic (exact) mass is 387 g/mol. The molecule has 0 aliphatic carbocycles. The van der Waals surface area contributed by atoms with Gasteiger partial charge in [-0.25, -0.2) is 0 Å². The molecule has 0 atom stereocenters. The Bertz CT molecular complexity index is 1250. The first-order valence-corrected chi connectivity index (χ1v) is 9.10. The van der Waals surface area contributed by atoms with E-state index in [4.69, 9.17) is 21.1 Å². The van der Waals surface area contributed by atoms with Crippen molar-refractivity contribution in [1.82, 2.24) is 25.0 Å². The van der Waals surface area contributed by atoms with Gasteiger partial charge < -0.3 is 4.42 Å². The highest BCUT2D eigenvalue weighted by Crippen LogP contribution is 2.29. The predicted molar refractivity (Wildman–Crippen MR) is 107 cm³/mol. The number of benzene rings is 2. The first-order chi connectivity index (χ1) is 13.8. The van der Waals surface area contributed by atoms with Gasteiger partial charge in [0.05, 0.1) is 12.1 Å². The second kappa shape index (κ2) is 6.90. The van der Waals surface area contributed by atoms with Crippen molar-refractivity contribution in [2.24, 2.45) is 0 Å². The van der Waals surface area contributed by atoms with Gasteiger partial charge in [-0.15, -0.1) is 10.2 Å². The van der Waals surface area contributed by atoms with Gasteiger partial charge in [0, 0.05) is 28.4 Å². The Kier molecular flexibility index (Phi) is 4.10. The van der Waals surface area contributed by atoms with Crippen LogP contribution in [0, 0.1) is 0 Å². The standard InChI is InChI=1S/C21H14ClN5O/c22-16-7-5-14(6-8-16)13-27-18-4-2-1-3-17(18)19(26-27)21-25-24-20(28-21)15-9-11-23-12-10-15/h1-12H,13H2. The van der Waals surface area contributed by atoms with E-state index >= 15 is 0 Å². The van der Waals surface area contributed by atoms with Crippen molar-refractivity contribution in [2.75, 3.05) is 0 Å². The molecular formula is C21H14ClN5O. The Morgan fingerprint density at radius 1 is 0.857 bits per heavy atom. The Balaban J connectivity index is 1.57. The lowest BCUT2D eigenvalue weighted by atomic mass is 10.2. The largest absolute Gasteiger partial charge is 0.415 e. The number of aromatic nitrogens is 5. The molecular weight excluding hydrogens is 374 g/mol. The normalized spacial score (nSPS) is 11.2. The molecule has 136 valence electrons. The van der Waals surface area contributed by atoms with Crippen LogP contribution in [0.5, 0.6) is 0 Å². The van der Waals surface area contributed by atoms with Gasteiger partial charge in [0.25, 0.3) is 5.89 Å². The SMILES string of the molecule is Clc1ccc(Cn2nc(-c3nnc(-c4ccncc4)o3)c3ccccc32)cc1. The summed E-state index contributed by atoms with van der Waals surface area (Å²) in [7, 11) is 0. The quantitative estimate of drug-likeness (QED) is 0.441. The molecule has 0 amide bonds. The van der Waals surface area contributed by atoms with Crippen molar-refractivity contribution in [2.45, 2.75) is 6.54 Å². The predicted octanol–water partition coefficient (Wildman–Crippen LogP) is 4.85. The number of hydrogen-bond donors (Lipinski definition) is 0. The fourth-order valence-corrected chi connectivity index (χ4v) is 3.22. The second-order valence-electron chi connectivity index (χ2n) is 6.30. The molecule has 0 N–H and O–H groups in total. The number of rotatable bonds is 4. The average Bonchev–Trinajstić information content (AvgIpc) is 3.36. The molecule has 28 heavy (non-hydrogen) atoms. The summed E-state index contributed by atoms with van der Waals surface area (Å²) in [4.78, 5) is 4.01. The lowest BCUT2D eigenvalue weighted by Gasteiger charge is -2.03. The molecule has 6 nitrogen and oxygen atoms in total. The number of hydrogen-bond acceptors (Lipinski definition) is 5. The van der Waals surface area contributed by atoms with E-state index in [1.807, 2.05) is 65.3 Å². The van der Waals surface area contributed by atoms with Crippen molar-refractivity contribution >= 4 is 22.5 Å². The minimum Gasteiger partial charge on any atom is -0.415 e. The smallest absolute Gasteiger partial charge is 0.269 e. The highest BCUT2D eigenvalue weighted by Gasteiger charge is 2.18. The first-order valence-electron chi connectivity index (χ1n) is 8.72. The van der Waals surface area contributed by atoms with Crippen LogP contribution in [0.3, 0.4) is 0 Å². The summed E-state index contributed by atoms with van der Waals surface area (Å²) in [6.45, 7) is 0.614. The van der Waals surface area contributed by atoms with Gasteiger partial charge in [-0.3, -0.25) is 9.67 Å². The van der Waals surface area contributed by atoms with Gasteiger partial charge in [-0.2, -0.15) is 5.10 Å². The van der Waals surface area contributed by atoms with Crippen molar-refractivity contribution < 1.29 is 4.42 Å². The third-order valence-electron chi connectivity index (χ3n) is 4.46. The number of para-hydroxylation sites is 1. The number of fused-ring (bicyclic) bond motifs is 1. The van der Waals surface area contributed by atoms with Gasteiger partial charge in [-0.05, 0) is 35.9 Å². The third kappa shape index (κ3) is 3.04. The zero-order chi connectivity index (χ0) is 18.9. The van der Waals surface area contributed by atoms with Crippen LogP contribution in [-0.2, 0) is 6.54 Å². The van der Waals surface area contributed by atoms with Gasteiger partial charge in [0.2, 0.25) is 5.89 Å². The summed E-state index contributed by atoms with van der Waals surface area (Å²) >= 11 is 5.99. The minimum absolute atomic E-state index is 0.387. The van der Waals surface area contributed by atoms with E-state index in [2.05, 4.69) is 15.2 Å². The summed E-state index contributed by atoms with van der Waals surface area (Å²) in [6, 6.07) is 19.4.